The number of nitrogens with two attached hydrogens (primary N) is 1. The molecule has 0 bridgehead atoms. The first-order chi connectivity index (χ1) is 4.66. The summed E-state index contributed by atoms with van der Waals surface area (Å²) in [6, 6.07) is 0. The summed E-state index contributed by atoms with van der Waals surface area (Å²) in [4.78, 5) is 0. The number of rotatable bonds is 5. The molecule has 62 valence electrons. The van der Waals surface area contributed by atoms with Crippen molar-refractivity contribution >= 4 is 11.8 Å². The van der Waals surface area contributed by atoms with Crippen LogP contribution in [0.5, 0.6) is 0 Å². The fourth-order valence-electron chi connectivity index (χ4n) is 0.573. The van der Waals surface area contributed by atoms with Crippen molar-refractivity contribution < 1.29 is 0 Å². The summed E-state index contributed by atoms with van der Waals surface area (Å²) in [7, 11) is 0. The van der Waals surface area contributed by atoms with Crippen molar-refractivity contribution in [2.45, 2.75) is 20.8 Å². The van der Waals surface area contributed by atoms with E-state index in [-0.39, 0.29) is 0 Å². The second-order valence-electron chi connectivity index (χ2n) is 3.27. The Labute approximate surface area is 68.8 Å². The fraction of sp³-hybridized carbons (Fsp3) is 1.00. The van der Waals surface area contributed by atoms with Gasteiger partial charge in [-0.25, -0.2) is 0 Å². The molecule has 0 radical (unpaired) electrons. The SMILES string of the molecule is CC(C)CSCC(C)CN. The Balaban J connectivity index is 3.03. The van der Waals surface area contributed by atoms with E-state index in [1.807, 2.05) is 11.8 Å². The Kier molecular flexibility index (Phi) is 6.24. The van der Waals surface area contributed by atoms with Crippen LogP contribution in [0.25, 0.3) is 0 Å². The van der Waals surface area contributed by atoms with Crippen molar-refractivity contribution in [1.82, 2.24) is 0 Å². The van der Waals surface area contributed by atoms with Crippen LogP contribution < -0.4 is 5.73 Å². The molecule has 0 rings (SSSR count). The van der Waals surface area contributed by atoms with Crippen LogP contribution in [0.3, 0.4) is 0 Å². The van der Waals surface area contributed by atoms with Gasteiger partial charge in [-0.05, 0) is 29.9 Å². The molecule has 0 aliphatic rings. The molecule has 0 amide bonds. The molecule has 2 heteroatoms. The lowest BCUT2D eigenvalue weighted by atomic mass is 10.2. The molecule has 0 aliphatic carbocycles. The molecule has 0 spiro atoms. The van der Waals surface area contributed by atoms with Crippen molar-refractivity contribution in [3.63, 3.8) is 0 Å². The second-order valence-corrected chi connectivity index (χ2v) is 4.35. The zero-order valence-corrected chi connectivity index (χ0v) is 8.08. The van der Waals surface area contributed by atoms with E-state index in [1.165, 1.54) is 11.5 Å². The maximum absolute atomic E-state index is 5.48. The minimum atomic E-state index is 0.684. The van der Waals surface area contributed by atoms with Crippen molar-refractivity contribution in [2.75, 3.05) is 18.1 Å². The van der Waals surface area contributed by atoms with Gasteiger partial charge in [-0.2, -0.15) is 11.8 Å². The highest BCUT2D eigenvalue weighted by Gasteiger charge is 1.99. The molecule has 0 heterocycles. The molecule has 0 aliphatic heterocycles. The summed E-state index contributed by atoms with van der Waals surface area (Å²) in [5.41, 5.74) is 5.48. The van der Waals surface area contributed by atoms with Crippen LogP contribution in [0.4, 0.5) is 0 Å². The smallest absolute Gasteiger partial charge is 0.00296 e. The molecule has 2 N–H and O–H groups in total. The molecule has 1 atom stereocenters. The Morgan fingerprint density at radius 1 is 1.20 bits per heavy atom. The summed E-state index contributed by atoms with van der Waals surface area (Å²) in [6.45, 7) is 7.53. The van der Waals surface area contributed by atoms with Crippen LogP contribution in [0.1, 0.15) is 20.8 Å². The third-order valence-electron chi connectivity index (χ3n) is 1.26. The summed E-state index contributed by atoms with van der Waals surface area (Å²) >= 11 is 2.01. The number of hydrogen-bond acceptors (Lipinski definition) is 2. The molecule has 0 saturated carbocycles. The molecule has 10 heavy (non-hydrogen) atoms. The molecular formula is C8H19NS. The highest BCUT2D eigenvalue weighted by Crippen LogP contribution is 2.10. The van der Waals surface area contributed by atoms with Crippen LogP contribution in [-0.4, -0.2) is 18.1 Å². The minimum absolute atomic E-state index is 0.684. The van der Waals surface area contributed by atoms with E-state index in [2.05, 4.69) is 20.8 Å². The first-order valence-electron chi connectivity index (χ1n) is 3.94. The Hall–Kier alpha value is 0.310. The third kappa shape index (κ3) is 6.43. The average Bonchev–Trinajstić information content (AvgIpc) is 1.87. The van der Waals surface area contributed by atoms with Gasteiger partial charge in [-0.1, -0.05) is 20.8 Å². The molecule has 0 aromatic carbocycles. The van der Waals surface area contributed by atoms with E-state index in [1.54, 1.807) is 0 Å². The van der Waals surface area contributed by atoms with E-state index in [4.69, 9.17) is 5.73 Å². The van der Waals surface area contributed by atoms with E-state index < -0.39 is 0 Å². The largest absolute Gasteiger partial charge is 0.330 e. The van der Waals surface area contributed by atoms with E-state index in [9.17, 15) is 0 Å². The van der Waals surface area contributed by atoms with Gasteiger partial charge in [0.25, 0.3) is 0 Å². The van der Waals surface area contributed by atoms with E-state index >= 15 is 0 Å². The summed E-state index contributed by atoms with van der Waals surface area (Å²) in [6.07, 6.45) is 0. The van der Waals surface area contributed by atoms with Gasteiger partial charge in [0.15, 0.2) is 0 Å². The van der Waals surface area contributed by atoms with Gasteiger partial charge in [0.2, 0.25) is 0 Å². The molecule has 0 saturated heterocycles. The number of thioether (sulfide) groups is 1. The molecular weight excluding hydrogens is 142 g/mol. The van der Waals surface area contributed by atoms with Gasteiger partial charge in [0.1, 0.15) is 0 Å². The van der Waals surface area contributed by atoms with Crippen LogP contribution >= 0.6 is 11.8 Å². The highest BCUT2D eigenvalue weighted by atomic mass is 32.2. The van der Waals surface area contributed by atoms with Gasteiger partial charge >= 0.3 is 0 Å². The third-order valence-corrected chi connectivity index (χ3v) is 2.96. The maximum atomic E-state index is 5.48. The molecule has 0 fully saturated rings. The van der Waals surface area contributed by atoms with Crippen molar-refractivity contribution in [2.24, 2.45) is 17.6 Å². The van der Waals surface area contributed by atoms with E-state index in [0.717, 1.165) is 12.5 Å². The first kappa shape index (κ1) is 10.3. The van der Waals surface area contributed by atoms with Gasteiger partial charge < -0.3 is 5.73 Å². The molecule has 1 nitrogen and oxygen atoms in total. The predicted octanol–water partition coefficient (Wildman–Crippen LogP) is 1.97. The first-order valence-corrected chi connectivity index (χ1v) is 5.10. The van der Waals surface area contributed by atoms with Gasteiger partial charge in [0.05, 0.1) is 0 Å². The Bertz CT molecular complexity index is 73.7. The average molecular weight is 161 g/mol. The molecule has 1 unspecified atom stereocenters. The zero-order valence-electron chi connectivity index (χ0n) is 7.26. The van der Waals surface area contributed by atoms with Gasteiger partial charge in [-0.15, -0.1) is 0 Å². The lowest BCUT2D eigenvalue weighted by Crippen LogP contribution is -2.13. The summed E-state index contributed by atoms with van der Waals surface area (Å²) < 4.78 is 0. The quantitative estimate of drug-likeness (QED) is 0.667. The highest BCUT2D eigenvalue weighted by molar-refractivity contribution is 7.99. The Morgan fingerprint density at radius 3 is 2.20 bits per heavy atom. The summed E-state index contributed by atoms with van der Waals surface area (Å²) in [5, 5.41) is 0. The van der Waals surface area contributed by atoms with Crippen molar-refractivity contribution in [3.05, 3.63) is 0 Å². The lowest BCUT2D eigenvalue weighted by Gasteiger charge is -2.08. The maximum Gasteiger partial charge on any atom is -0.00296 e. The van der Waals surface area contributed by atoms with E-state index in [0.29, 0.717) is 5.92 Å². The summed E-state index contributed by atoms with van der Waals surface area (Å²) in [5.74, 6) is 3.98. The van der Waals surface area contributed by atoms with Crippen LogP contribution in [0, 0.1) is 11.8 Å². The monoisotopic (exact) mass is 161 g/mol. The molecule has 0 aromatic rings. The minimum Gasteiger partial charge on any atom is -0.330 e. The number of hydrogen-bond donors (Lipinski definition) is 1. The zero-order chi connectivity index (χ0) is 7.98. The van der Waals surface area contributed by atoms with Gasteiger partial charge in [-0.3, -0.25) is 0 Å². The van der Waals surface area contributed by atoms with Gasteiger partial charge in [0, 0.05) is 0 Å². The van der Waals surface area contributed by atoms with Crippen LogP contribution in [0.2, 0.25) is 0 Å². The predicted molar refractivity (Wildman–Crippen MR) is 50.4 cm³/mol. The fourth-order valence-corrected chi connectivity index (χ4v) is 1.72. The second kappa shape index (κ2) is 6.05. The van der Waals surface area contributed by atoms with Crippen LogP contribution in [-0.2, 0) is 0 Å². The molecule has 0 aromatic heterocycles. The standard InChI is InChI=1S/C8H19NS/c1-7(2)5-10-6-8(3)4-9/h7-8H,4-6,9H2,1-3H3. The topological polar surface area (TPSA) is 26.0 Å². The normalized spacial score (nSPS) is 14.1. The lowest BCUT2D eigenvalue weighted by molar-refractivity contribution is 0.672. The van der Waals surface area contributed by atoms with Crippen molar-refractivity contribution in [3.8, 4) is 0 Å². The Morgan fingerprint density at radius 2 is 1.80 bits per heavy atom. The van der Waals surface area contributed by atoms with Crippen molar-refractivity contribution in [1.29, 1.82) is 0 Å². The van der Waals surface area contributed by atoms with Crippen LogP contribution in [0.15, 0.2) is 0 Å².